The van der Waals surface area contributed by atoms with Crippen molar-refractivity contribution < 1.29 is 4.79 Å². The molecule has 4 heteroatoms. The minimum atomic E-state index is -0.550. The molecule has 0 saturated heterocycles. The average molecular weight is 293 g/mol. The second-order valence-electron chi connectivity index (χ2n) is 8.01. The number of nitrogens with zero attached hydrogens (tertiary/aromatic N) is 1. The molecule has 2 atom stereocenters. The van der Waals surface area contributed by atoms with E-state index in [0.717, 1.165) is 18.3 Å². The summed E-state index contributed by atoms with van der Waals surface area (Å²) >= 11 is 0. The van der Waals surface area contributed by atoms with Gasteiger partial charge in [-0.1, -0.05) is 0 Å². The Morgan fingerprint density at radius 3 is 2.10 bits per heavy atom. The Morgan fingerprint density at radius 1 is 1.19 bits per heavy atom. The van der Waals surface area contributed by atoms with Crippen molar-refractivity contribution >= 4 is 5.91 Å². The summed E-state index contributed by atoms with van der Waals surface area (Å²) in [6.45, 7) is 6.71. The van der Waals surface area contributed by atoms with E-state index in [0.29, 0.717) is 12.1 Å². The molecule has 3 N–H and O–H groups in total. The Kier molecular flexibility index (Phi) is 4.28. The fraction of sp³-hybridized carbons (Fsp3) is 0.941. The first-order valence-corrected chi connectivity index (χ1v) is 8.78. The summed E-state index contributed by atoms with van der Waals surface area (Å²) in [6, 6.07) is 0.935. The molecule has 0 heterocycles. The van der Waals surface area contributed by atoms with E-state index in [1.54, 1.807) is 0 Å². The number of carbonyl (C=O) groups is 1. The Hall–Kier alpha value is -0.610. The molecule has 0 aliphatic heterocycles. The first-order valence-electron chi connectivity index (χ1n) is 8.78. The second kappa shape index (κ2) is 5.88. The molecule has 3 fully saturated rings. The molecular weight excluding hydrogens is 262 g/mol. The SMILES string of the molecule is CC(CC(C)(NC1CC1)C(N)=O)N(CC1CC1)CC1CC1. The Labute approximate surface area is 128 Å². The number of rotatable bonds is 10. The summed E-state index contributed by atoms with van der Waals surface area (Å²) < 4.78 is 0. The van der Waals surface area contributed by atoms with Crippen molar-refractivity contribution in [2.75, 3.05) is 13.1 Å². The molecule has 0 aromatic heterocycles. The smallest absolute Gasteiger partial charge is 0.237 e. The standard InChI is InChI=1S/C17H31N3O/c1-12(9-17(2,16(18)21)19-15-7-8-15)20(10-13-3-4-13)11-14-5-6-14/h12-15,19H,3-11H2,1-2H3,(H2,18,21). The highest BCUT2D eigenvalue weighted by molar-refractivity contribution is 5.84. The summed E-state index contributed by atoms with van der Waals surface area (Å²) in [7, 11) is 0. The van der Waals surface area contributed by atoms with Gasteiger partial charge < -0.3 is 16.0 Å². The van der Waals surface area contributed by atoms with E-state index >= 15 is 0 Å². The van der Waals surface area contributed by atoms with E-state index in [9.17, 15) is 4.79 Å². The Bertz CT molecular complexity index is 373. The quantitative estimate of drug-likeness (QED) is 0.646. The van der Waals surface area contributed by atoms with E-state index in [1.807, 2.05) is 6.92 Å². The first kappa shape index (κ1) is 15.3. The predicted molar refractivity (Wildman–Crippen MR) is 84.9 cm³/mol. The van der Waals surface area contributed by atoms with Crippen LogP contribution in [0, 0.1) is 11.8 Å². The number of carbonyl (C=O) groups excluding carboxylic acids is 1. The van der Waals surface area contributed by atoms with Crippen LogP contribution in [-0.2, 0) is 4.79 Å². The first-order chi connectivity index (χ1) is 9.96. The Balaban J connectivity index is 1.59. The minimum absolute atomic E-state index is 0.195. The number of nitrogens with two attached hydrogens (primary N) is 1. The lowest BCUT2D eigenvalue weighted by Crippen LogP contribution is -2.57. The molecule has 4 nitrogen and oxygen atoms in total. The zero-order chi connectivity index (χ0) is 15.0. The Morgan fingerprint density at radius 2 is 1.71 bits per heavy atom. The van der Waals surface area contributed by atoms with Crippen LogP contribution < -0.4 is 11.1 Å². The maximum Gasteiger partial charge on any atom is 0.237 e. The van der Waals surface area contributed by atoms with Gasteiger partial charge in [-0.15, -0.1) is 0 Å². The lowest BCUT2D eigenvalue weighted by molar-refractivity contribution is -0.124. The number of amides is 1. The lowest BCUT2D eigenvalue weighted by Gasteiger charge is -2.36. The summed E-state index contributed by atoms with van der Waals surface area (Å²) in [4.78, 5) is 14.6. The molecule has 3 aliphatic carbocycles. The highest BCUT2D eigenvalue weighted by Gasteiger charge is 2.40. The van der Waals surface area contributed by atoms with Crippen LogP contribution in [0.15, 0.2) is 0 Å². The van der Waals surface area contributed by atoms with Gasteiger partial charge in [-0.3, -0.25) is 4.79 Å². The van der Waals surface area contributed by atoms with Gasteiger partial charge in [0.1, 0.15) is 0 Å². The van der Waals surface area contributed by atoms with Crippen molar-refractivity contribution in [3.8, 4) is 0 Å². The fourth-order valence-electron chi connectivity index (χ4n) is 3.33. The molecule has 0 aromatic rings. The number of primary amides is 1. The maximum atomic E-state index is 12.0. The molecule has 0 bridgehead atoms. The monoisotopic (exact) mass is 293 g/mol. The van der Waals surface area contributed by atoms with Crippen molar-refractivity contribution in [1.29, 1.82) is 0 Å². The van der Waals surface area contributed by atoms with Crippen molar-refractivity contribution in [3.05, 3.63) is 0 Å². The number of hydrogen-bond donors (Lipinski definition) is 2. The lowest BCUT2D eigenvalue weighted by atomic mass is 9.91. The van der Waals surface area contributed by atoms with Gasteiger partial charge in [0.15, 0.2) is 0 Å². The van der Waals surface area contributed by atoms with Gasteiger partial charge in [-0.05, 0) is 70.6 Å². The van der Waals surface area contributed by atoms with Gasteiger partial charge in [-0.2, -0.15) is 0 Å². The third kappa shape index (κ3) is 4.43. The maximum absolute atomic E-state index is 12.0. The predicted octanol–water partition coefficient (Wildman–Crippen LogP) is 1.88. The zero-order valence-corrected chi connectivity index (χ0v) is 13.6. The van der Waals surface area contributed by atoms with E-state index in [2.05, 4.69) is 17.1 Å². The molecule has 1 amide bonds. The van der Waals surface area contributed by atoms with Gasteiger partial charge in [0, 0.05) is 25.2 Å². The van der Waals surface area contributed by atoms with Crippen LogP contribution in [0.1, 0.15) is 58.8 Å². The van der Waals surface area contributed by atoms with Gasteiger partial charge in [0.05, 0.1) is 5.54 Å². The van der Waals surface area contributed by atoms with Crippen LogP contribution in [0.5, 0.6) is 0 Å². The molecule has 0 radical (unpaired) electrons. The topological polar surface area (TPSA) is 58.4 Å². The van der Waals surface area contributed by atoms with Crippen molar-refractivity contribution in [2.45, 2.75) is 76.4 Å². The number of nitrogens with one attached hydrogen (secondary N) is 1. The van der Waals surface area contributed by atoms with Crippen LogP contribution in [0.4, 0.5) is 0 Å². The van der Waals surface area contributed by atoms with E-state index in [-0.39, 0.29) is 5.91 Å². The van der Waals surface area contributed by atoms with Crippen LogP contribution in [0.3, 0.4) is 0 Å². The molecule has 3 aliphatic rings. The molecule has 3 rings (SSSR count). The molecule has 0 spiro atoms. The summed E-state index contributed by atoms with van der Waals surface area (Å²) in [5.74, 6) is 1.61. The molecule has 120 valence electrons. The fourth-order valence-corrected chi connectivity index (χ4v) is 3.33. The van der Waals surface area contributed by atoms with E-state index in [4.69, 9.17) is 5.73 Å². The van der Waals surface area contributed by atoms with Gasteiger partial charge in [0.25, 0.3) is 0 Å². The van der Waals surface area contributed by atoms with E-state index < -0.39 is 5.54 Å². The van der Waals surface area contributed by atoms with E-state index in [1.165, 1.54) is 51.6 Å². The largest absolute Gasteiger partial charge is 0.368 e. The van der Waals surface area contributed by atoms with Crippen molar-refractivity contribution in [2.24, 2.45) is 17.6 Å². The molecule has 0 aromatic carbocycles. The van der Waals surface area contributed by atoms with Crippen molar-refractivity contribution in [3.63, 3.8) is 0 Å². The molecule has 2 unspecified atom stereocenters. The van der Waals surface area contributed by atoms with Gasteiger partial charge in [-0.25, -0.2) is 0 Å². The normalized spacial score (nSPS) is 26.6. The summed E-state index contributed by atoms with van der Waals surface area (Å²) in [6.07, 6.45) is 8.76. The second-order valence-corrected chi connectivity index (χ2v) is 8.01. The highest BCUT2D eigenvalue weighted by Crippen LogP contribution is 2.35. The van der Waals surface area contributed by atoms with Crippen molar-refractivity contribution in [1.82, 2.24) is 10.2 Å². The third-order valence-corrected chi connectivity index (χ3v) is 5.35. The minimum Gasteiger partial charge on any atom is -0.368 e. The third-order valence-electron chi connectivity index (χ3n) is 5.35. The van der Waals surface area contributed by atoms with Gasteiger partial charge in [0.2, 0.25) is 5.91 Å². The summed E-state index contributed by atoms with van der Waals surface area (Å²) in [5, 5.41) is 3.49. The average Bonchev–Trinajstić information content (AvgIpc) is 3.20. The zero-order valence-electron chi connectivity index (χ0n) is 13.6. The molecule has 3 saturated carbocycles. The molecular formula is C17H31N3O. The van der Waals surface area contributed by atoms with Gasteiger partial charge >= 0.3 is 0 Å². The summed E-state index contributed by atoms with van der Waals surface area (Å²) in [5.41, 5.74) is 5.15. The number of hydrogen-bond acceptors (Lipinski definition) is 3. The van der Waals surface area contributed by atoms with Crippen LogP contribution in [0.2, 0.25) is 0 Å². The van der Waals surface area contributed by atoms with Crippen LogP contribution >= 0.6 is 0 Å². The van der Waals surface area contributed by atoms with Crippen LogP contribution in [0.25, 0.3) is 0 Å². The molecule has 21 heavy (non-hydrogen) atoms. The van der Waals surface area contributed by atoms with Crippen LogP contribution in [-0.4, -0.2) is 41.5 Å². The highest BCUT2D eigenvalue weighted by atomic mass is 16.1.